The molecule has 198 valence electrons. The van der Waals surface area contributed by atoms with Gasteiger partial charge in [-0.05, 0) is 85.3 Å². The van der Waals surface area contributed by atoms with E-state index in [9.17, 15) is 14.4 Å². The van der Waals surface area contributed by atoms with Gasteiger partial charge in [0, 0.05) is 51.6 Å². The predicted octanol–water partition coefficient (Wildman–Crippen LogP) is 5.17. The molecule has 1 aromatic rings. The highest BCUT2D eigenvalue weighted by Gasteiger charge is 2.68. The Hall–Kier alpha value is -2.73. The van der Waals surface area contributed by atoms with Crippen LogP contribution in [0.2, 0.25) is 0 Å². The van der Waals surface area contributed by atoms with Crippen LogP contribution in [0.4, 0.5) is 5.69 Å². The van der Waals surface area contributed by atoms with E-state index < -0.39 is 17.0 Å². The summed E-state index contributed by atoms with van der Waals surface area (Å²) in [5, 5.41) is 0. The zero-order valence-corrected chi connectivity index (χ0v) is 22.8. The Morgan fingerprint density at radius 2 is 1.81 bits per heavy atom. The van der Waals surface area contributed by atoms with Crippen LogP contribution in [0, 0.1) is 17.3 Å². The fraction of sp³-hybridized carbons (Fsp3) is 0.581. The number of carbonyl (C=O) groups excluding carboxylic acids is 3. The molecule has 6 nitrogen and oxygen atoms in total. The molecule has 5 atom stereocenters. The van der Waals surface area contributed by atoms with Crippen molar-refractivity contribution in [2.45, 2.75) is 70.3 Å². The summed E-state index contributed by atoms with van der Waals surface area (Å²) in [4.78, 5) is 40.5. The van der Waals surface area contributed by atoms with Gasteiger partial charge in [-0.15, -0.1) is 0 Å². The number of rotatable bonds is 6. The maximum atomic E-state index is 13.7. The summed E-state index contributed by atoms with van der Waals surface area (Å²) in [5.41, 5.74) is 4.70. The maximum Gasteiger partial charge on any atom is 0.303 e. The molecule has 1 unspecified atom stereocenters. The molecule has 2 saturated carbocycles. The first kappa shape index (κ1) is 25.9. The van der Waals surface area contributed by atoms with E-state index in [4.69, 9.17) is 9.47 Å². The average Bonchev–Trinajstić information content (AvgIpc) is 3.15. The van der Waals surface area contributed by atoms with Crippen LogP contribution >= 0.6 is 0 Å². The van der Waals surface area contributed by atoms with Crippen molar-refractivity contribution in [1.82, 2.24) is 0 Å². The van der Waals surface area contributed by atoms with E-state index >= 15 is 0 Å². The summed E-state index contributed by atoms with van der Waals surface area (Å²) >= 11 is 0. The van der Waals surface area contributed by atoms with Gasteiger partial charge in [-0.2, -0.15) is 0 Å². The first-order chi connectivity index (χ1) is 17.6. The van der Waals surface area contributed by atoms with E-state index in [0.29, 0.717) is 18.8 Å². The molecule has 0 saturated heterocycles. The van der Waals surface area contributed by atoms with Crippen LogP contribution in [0.25, 0.3) is 0 Å². The standard InChI is InChI=1S/C31H39NO5/c1-19(33)37-31(28(35)18-36-5)15-14-27-25-12-8-21-16-23(34)11-13-24(21)29(25)26(17-30(27,31)2)20-6-9-22(10-7-20)32(3)4/h6-7,9-10,16,25-27H,8,11-15,17-18H2,1-5H3/t25-,26+,27-,30-,31?/m0/s1. The zero-order chi connectivity index (χ0) is 26.5. The number of hydrogen-bond donors (Lipinski definition) is 0. The van der Waals surface area contributed by atoms with Gasteiger partial charge in [0.1, 0.15) is 6.61 Å². The van der Waals surface area contributed by atoms with Gasteiger partial charge in [0.25, 0.3) is 0 Å². The molecule has 0 bridgehead atoms. The molecule has 4 aliphatic rings. The number of methoxy groups -OCH3 is 1. The summed E-state index contributed by atoms with van der Waals surface area (Å²) in [6, 6.07) is 8.72. The van der Waals surface area contributed by atoms with E-state index in [0.717, 1.165) is 37.8 Å². The van der Waals surface area contributed by atoms with Crippen LogP contribution < -0.4 is 4.90 Å². The lowest BCUT2D eigenvalue weighted by atomic mass is 9.50. The molecule has 0 aromatic heterocycles. The van der Waals surface area contributed by atoms with Gasteiger partial charge in [0.2, 0.25) is 5.78 Å². The number of allylic oxidation sites excluding steroid dienone is 4. The molecule has 0 amide bonds. The lowest BCUT2D eigenvalue weighted by Crippen LogP contribution is -2.58. The molecular formula is C31H39NO5. The van der Waals surface area contributed by atoms with Crippen molar-refractivity contribution in [3.05, 3.63) is 52.6 Å². The topological polar surface area (TPSA) is 72.9 Å². The van der Waals surface area contributed by atoms with Gasteiger partial charge >= 0.3 is 5.97 Å². The molecule has 2 fully saturated rings. The molecule has 0 heterocycles. The van der Waals surface area contributed by atoms with E-state index in [2.05, 4.69) is 36.1 Å². The Balaban J connectivity index is 1.68. The fourth-order valence-electron chi connectivity index (χ4n) is 8.13. The van der Waals surface area contributed by atoms with E-state index in [-0.39, 0.29) is 30.0 Å². The molecular weight excluding hydrogens is 466 g/mol. The zero-order valence-electron chi connectivity index (χ0n) is 22.8. The second-order valence-corrected chi connectivity index (χ2v) is 11.8. The van der Waals surface area contributed by atoms with Crippen molar-refractivity contribution in [3.63, 3.8) is 0 Å². The highest BCUT2D eigenvalue weighted by atomic mass is 16.6. The highest BCUT2D eigenvalue weighted by Crippen LogP contribution is 2.67. The van der Waals surface area contributed by atoms with E-state index in [1.807, 2.05) is 20.2 Å². The van der Waals surface area contributed by atoms with Crippen LogP contribution in [-0.2, 0) is 23.9 Å². The van der Waals surface area contributed by atoms with Crippen molar-refractivity contribution in [1.29, 1.82) is 0 Å². The Labute approximate surface area is 220 Å². The summed E-state index contributed by atoms with van der Waals surface area (Å²) in [6.07, 6.45) is 7.17. The van der Waals surface area contributed by atoms with Gasteiger partial charge in [-0.3, -0.25) is 14.4 Å². The molecule has 0 N–H and O–H groups in total. The largest absolute Gasteiger partial charge is 0.451 e. The molecule has 4 aliphatic carbocycles. The van der Waals surface area contributed by atoms with Gasteiger partial charge in [0.15, 0.2) is 11.4 Å². The Bertz CT molecular complexity index is 1180. The Morgan fingerprint density at radius 1 is 1.08 bits per heavy atom. The number of benzene rings is 1. The number of esters is 1. The maximum absolute atomic E-state index is 13.7. The third-order valence-electron chi connectivity index (χ3n) is 9.71. The van der Waals surface area contributed by atoms with Crippen LogP contribution in [0.1, 0.15) is 70.3 Å². The van der Waals surface area contributed by atoms with Crippen LogP contribution in [0.5, 0.6) is 0 Å². The second kappa shape index (κ2) is 9.54. The molecule has 6 heteroatoms. The molecule has 37 heavy (non-hydrogen) atoms. The minimum Gasteiger partial charge on any atom is -0.451 e. The molecule has 0 spiro atoms. The number of nitrogens with zero attached hydrogens (tertiary/aromatic N) is 1. The molecule has 0 aliphatic heterocycles. The van der Waals surface area contributed by atoms with Crippen molar-refractivity contribution in [2.24, 2.45) is 17.3 Å². The SMILES string of the molecule is COCC(=O)C1(OC(C)=O)CC[C@H]2[C@@H]3CCC4=CC(=O)CCC4=C3[C@@H](c3ccc(N(C)C)cc3)C[C@@]21C. The van der Waals surface area contributed by atoms with Gasteiger partial charge in [-0.1, -0.05) is 24.6 Å². The lowest BCUT2D eigenvalue weighted by molar-refractivity contribution is -0.185. The Kier molecular flexibility index (Phi) is 6.68. The first-order valence-electron chi connectivity index (χ1n) is 13.6. The van der Waals surface area contributed by atoms with Gasteiger partial charge in [0.05, 0.1) is 0 Å². The third kappa shape index (κ3) is 4.08. The monoisotopic (exact) mass is 505 g/mol. The van der Waals surface area contributed by atoms with Crippen molar-refractivity contribution >= 4 is 23.2 Å². The number of hydrogen-bond acceptors (Lipinski definition) is 6. The molecule has 0 radical (unpaired) electrons. The van der Waals surface area contributed by atoms with Crippen molar-refractivity contribution in [2.75, 3.05) is 32.7 Å². The minimum absolute atomic E-state index is 0.0641. The predicted molar refractivity (Wildman–Crippen MR) is 142 cm³/mol. The number of Topliss-reactive ketones (excluding diaryl/α,β-unsaturated/α-hetero) is 1. The second-order valence-electron chi connectivity index (χ2n) is 11.8. The Morgan fingerprint density at radius 3 is 2.46 bits per heavy atom. The van der Waals surface area contributed by atoms with E-state index in [1.54, 1.807) is 0 Å². The lowest BCUT2D eigenvalue weighted by Gasteiger charge is -2.55. The van der Waals surface area contributed by atoms with Crippen LogP contribution in [0.15, 0.2) is 47.1 Å². The summed E-state index contributed by atoms with van der Waals surface area (Å²) in [5.74, 6) is 0.301. The van der Waals surface area contributed by atoms with E-state index in [1.165, 1.54) is 36.3 Å². The normalized spacial score (nSPS) is 32.7. The summed E-state index contributed by atoms with van der Waals surface area (Å²) in [7, 11) is 5.59. The first-order valence-corrected chi connectivity index (χ1v) is 13.6. The van der Waals surface area contributed by atoms with Crippen LogP contribution in [-0.4, -0.2) is 50.9 Å². The highest BCUT2D eigenvalue weighted by molar-refractivity contribution is 5.93. The number of ether oxygens (including phenoxy) is 2. The molecule has 5 rings (SSSR count). The fourth-order valence-corrected chi connectivity index (χ4v) is 8.13. The van der Waals surface area contributed by atoms with Gasteiger partial charge in [-0.25, -0.2) is 0 Å². The number of anilines is 1. The van der Waals surface area contributed by atoms with Crippen molar-refractivity contribution in [3.8, 4) is 0 Å². The summed E-state index contributed by atoms with van der Waals surface area (Å²) < 4.78 is 11.4. The number of ketones is 2. The van der Waals surface area contributed by atoms with Crippen molar-refractivity contribution < 1.29 is 23.9 Å². The van der Waals surface area contributed by atoms with Gasteiger partial charge < -0.3 is 14.4 Å². The average molecular weight is 506 g/mol. The summed E-state index contributed by atoms with van der Waals surface area (Å²) in [6.45, 7) is 3.52. The number of carbonyl (C=O) groups is 3. The third-order valence-corrected chi connectivity index (χ3v) is 9.71. The number of fused-ring (bicyclic) bond motifs is 4. The smallest absolute Gasteiger partial charge is 0.303 e. The molecule has 1 aromatic carbocycles. The minimum atomic E-state index is -1.18. The van der Waals surface area contributed by atoms with Crippen LogP contribution in [0.3, 0.4) is 0 Å². The quantitative estimate of drug-likeness (QED) is 0.497.